The van der Waals surface area contributed by atoms with Crippen LogP contribution in [0.15, 0.2) is 49.1 Å². The zero-order chi connectivity index (χ0) is 19.9. The topological polar surface area (TPSA) is 69.2 Å². The summed E-state index contributed by atoms with van der Waals surface area (Å²) < 4.78 is 14.0. The molecule has 3 rings (SSSR count). The van der Waals surface area contributed by atoms with Crippen LogP contribution in [0.5, 0.6) is 0 Å². The quantitative estimate of drug-likeness (QED) is 0.679. The summed E-state index contributed by atoms with van der Waals surface area (Å²) in [4.78, 5) is 17.6. The predicted octanol–water partition coefficient (Wildman–Crippen LogP) is 2.92. The van der Waals surface area contributed by atoms with Crippen LogP contribution in [0.2, 0.25) is 0 Å². The fourth-order valence-electron chi connectivity index (χ4n) is 2.91. The van der Waals surface area contributed by atoms with Crippen molar-refractivity contribution in [2.75, 3.05) is 59.7 Å². The highest BCUT2D eigenvalue weighted by molar-refractivity contribution is 5.51. The molecule has 0 spiro atoms. The summed E-state index contributed by atoms with van der Waals surface area (Å²) in [6.07, 6.45) is 1.75. The molecule has 1 aromatic heterocycles. The van der Waals surface area contributed by atoms with Gasteiger partial charge in [0.2, 0.25) is 17.8 Å². The molecule has 7 nitrogen and oxygen atoms in total. The van der Waals surface area contributed by atoms with Gasteiger partial charge in [0.1, 0.15) is 5.82 Å². The van der Waals surface area contributed by atoms with E-state index >= 15 is 0 Å². The Labute approximate surface area is 165 Å². The maximum absolute atomic E-state index is 14.0. The first-order valence-corrected chi connectivity index (χ1v) is 9.30. The molecule has 2 aromatic rings. The van der Waals surface area contributed by atoms with Crippen LogP contribution in [0, 0.1) is 5.82 Å². The molecule has 1 fully saturated rings. The predicted molar refractivity (Wildman–Crippen MR) is 113 cm³/mol. The van der Waals surface area contributed by atoms with Crippen LogP contribution in [0.1, 0.15) is 6.92 Å². The summed E-state index contributed by atoms with van der Waals surface area (Å²) in [5, 5.41) is 6.28. The number of hydrogen-bond acceptors (Lipinski definition) is 7. The Morgan fingerprint density at radius 1 is 1.07 bits per heavy atom. The minimum atomic E-state index is -0.196. The molecule has 28 heavy (non-hydrogen) atoms. The molecular weight excluding hydrogens is 357 g/mol. The molecule has 2 heterocycles. The van der Waals surface area contributed by atoms with Crippen molar-refractivity contribution in [1.29, 1.82) is 0 Å². The lowest BCUT2D eigenvalue weighted by molar-refractivity contribution is 0.594. The van der Waals surface area contributed by atoms with Crippen LogP contribution >= 0.6 is 0 Å². The standard InChI is InChI=1S/C20H26FN7/c1-4-9-22-18-24-19(23-14-15(2)3)26-20(25-18)28-12-10-27(11-13-28)17-8-6-5-7-16(17)21/h4-8H,1-2,9-14H2,3H3,(H2,22,23,24,25,26). The zero-order valence-electron chi connectivity index (χ0n) is 16.2. The molecule has 0 saturated carbocycles. The second-order valence-electron chi connectivity index (χ2n) is 6.69. The Kier molecular flexibility index (Phi) is 6.41. The van der Waals surface area contributed by atoms with Crippen molar-refractivity contribution >= 4 is 23.5 Å². The largest absolute Gasteiger partial charge is 0.366 e. The van der Waals surface area contributed by atoms with Crippen molar-refractivity contribution in [3.63, 3.8) is 0 Å². The number of rotatable bonds is 8. The minimum absolute atomic E-state index is 0.196. The lowest BCUT2D eigenvalue weighted by atomic mass is 10.2. The number of hydrogen-bond donors (Lipinski definition) is 2. The van der Waals surface area contributed by atoms with Gasteiger partial charge in [-0.15, -0.1) is 6.58 Å². The molecule has 0 atom stereocenters. The normalized spacial score (nSPS) is 13.9. The Bertz CT molecular complexity index is 831. The number of halogens is 1. The molecule has 0 amide bonds. The second kappa shape index (κ2) is 9.16. The second-order valence-corrected chi connectivity index (χ2v) is 6.69. The van der Waals surface area contributed by atoms with E-state index in [0.29, 0.717) is 62.8 Å². The number of nitrogens with one attached hydrogen (secondary N) is 2. The molecule has 148 valence electrons. The van der Waals surface area contributed by atoms with Gasteiger partial charge in [-0.05, 0) is 19.1 Å². The van der Waals surface area contributed by atoms with Crippen LogP contribution in [-0.2, 0) is 0 Å². The van der Waals surface area contributed by atoms with Gasteiger partial charge in [0.25, 0.3) is 0 Å². The number of nitrogens with zero attached hydrogens (tertiary/aromatic N) is 5. The van der Waals surface area contributed by atoms with Crippen molar-refractivity contribution in [3.05, 3.63) is 54.9 Å². The van der Waals surface area contributed by atoms with E-state index in [-0.39, 0.29) is 5.82 Å². The first-order chi connectivity index (χ1) is 13.6. The average Bonchev–Trinajstić information content (AvgIpc) is 2.71. The van der Waals surface area contributed by atoms with E-state index in [2.05, 4.69) is 43.6 Å². The van der Waals surface area contributed by atoms with Crippen molar-refractivity contribution in [3.8, 4) is 0 Å². The summed E-state index contributed by atoms with van der Waals surface area (Å²) in [5.74, 6) is 1.39. The Balaban J connectivity index is 1.73. The Hall–Kier alpha value is -3.16. The van der Waals surface area contributed by atoms with Gasteiger partial charge in [0.15, 0.2) is 0 Å². The van der Waals surface area contributed by atoms with E-state index in [1.807, 2.05) is 24.0 Å². The van der Waals surface area contributed by atoms with E-state index in [1.165, 1.54) is 6.07 Å². The summed E-state index contributed by atoms with van der Waals surface area (Å²) >= 11 is 0. The van der Waals surface area contributed by atoms with Gasteiger partial charge in [-0.3, -0.25) is 0 Å². The van der Waals surface area contributed by atoms with Crippen LogP contribution in [0.3, 0.4) is 0 Å². The molecule has 8 heteroatoms. The highest BCUT2D eigenvalue weighted by Crippen LogP contribution is 2.22. The summed E-state index contributed by atoms with van der Waals surface area (Å²) in [5.41, 5.74) is 1.62. The molecule has 0 unspecified atom stereocenters. The Morgan fingerprint density at radius 2 is 1.71 bits per heavy atom. The van der Waals surface area contributed by atoms with Crippen molar-refractivity contribution in [1.82, 2.24) is 15.0 Å². The smallest absolute Gasteiger partial charge is 0.232 e. The van der Waals surface area contributed by atoms with Crippen LogP contribution in [0.25, 0.3) is 0 Å². The Morgan fingerprint density at radius 3 is 2.36 bits per heavy atom. The van der Waals surface area contributed by atoms with Gasteiger partial charge in [0, 0.05) is 39.3 Å². The lowest BCUT2D eigenvalue weighted by Crippen LogP contribution is -2.47. The summed E-state index contributed by atoms with van der Waals surface area (Å²) in [7, 11) is 0. The third-order valence-electron chi connectivity index (χ3n) is 4.33. The number of aromatic nitrogens is 3. The van der Waals surface area contributed by atoms with Crippen molar-refractivity contribution in [2.45, 2.75) is 6.92 Å². The summed E-state index contributed by atoms with van der Waals surface area (Å²) in [6, 6.07) is 6.86. The SMILES string of the molecule is C=CCNc1nc(NCC(=C)C)nc(N2CCN(c3ccccc3F)CC2)n1. The van der Waals surface area contributed by atoms with Gasteiger partial charge in [-0.1, -0.05) is 30.4 Å². The van der Waals surface area contributed by atoms with Crippen molar-refractivity contribution in [2.24, 2.45) is 0 Å². The minimum Gasteiger partial charge on any atom is -0.366 e. The maximum atomic E-state index is 14.0. The monoisotopic (exact) mass is 383 g/mol. The van der Waals surface area contributed by atoms with Gasteiger partial charge in [0.05, 0.1) is 5.69 Å². The summed E-state index contributed by atoms with van der Waals surface area (Å²) in [6.45, 7) is 13.5. The van der Waals surface area contributed by atoms with Gasteiger partial charge >= 0.3 is 0 Å². The molecule has 2 N–H and O–H groups in total. The van der Waals surface area contributed by atoms with E-state index in [1.54, 1.807) is 12.1 Å². The maximum Gasteiger partial charge on any atom is 0.232 e. The molecule has 0 aliphatic carbocycles. The van der Waals surface area contributed by atoms with Crippen molar-refractivity contribution < 1.29 is 4.39 Å². The average molecular weight is 383 g/mol. The third-order valence-corrected chi connectivity index (χ3v) is 4.33. The number of piperazine rings is 1. The van der Waals surface area contributed by atoms with E-state index in [9.17, 15) is 4.39 Å². The van der Waals surface area contributed by atoms with Gasteiger partial charge in [-0.25, -0.2) is 4.39 Å². The van der Waals surface area contributed by atoms with E-state index in [0.717, 1.165) is 5.57 Å². The van der Waals surface area contributed by atoms with E-state index < -0.39 is 0 Å². The highest BCUT2D eigenvalue weighted by Gasteiger charge is 2.22. The fraction of sp³-hybridized carbons (Fsp3) is 0.350. The number of anilines is 4. The molecule has 1 aliphatic heterocycles. The molecule has 0 bridgehead atoms. The van der Waals surface area contributed by atoms with E-state index in [4.69, 9.17) is 0 Å². The van der Waals surface area contributed by atoms with Gasteiger partial charge < -0.3 is 20.4 Å². The highest BCUT2D eigenvalue weighted by atomic mass is 19.1. The fourth-order valence-corrected chi connectivity index (χ4v) is 2.91. The number of para-hydroxylation sites is 1. The zero-order valence-corrected chi connectivity index (χ0v) is 16.2. The molecule has 1 saturated heterocycles. The number of benzene rings is 1. The van der Waals surface area contributed by atoms with Crippen LogP contribution in [-0.4, -0.2) is 54.2 Å². The van der Waals surface area contributed by atoms with Crippen LogP contribution < -0.4 is 20.4 Å². The first-order valence-electron chi connectivity index (χ1n) is 9.30. The van der Waals surface area contributed by atoms with Gasteiger partial charge in [-0.2, -0.15) is 15.0 Å². The third kappa shape index (κ3) is 4.97. The molecule has 1 aromatic carbocycles. The van der Waals surface area contributed by atoms with Crippen LogP contribution in [0.4, 0.5) is 27.9 Å². The first kappa shape index (κ1) is 19.6. The lowest BCUT2D eigenvalue weighted by Gasteiger charge is -2.36. The molecular formula is C20H26FN7. The molecule has 0 radical (unpaired) electrons. The molecule has 1 aliphatic rings.